The quantitative estimate of drug-likeness (QED) is 0.473. The molecule has 3 heteroatoms. The van der Waals surface area contributed by atoms with Crippen molar-refractivity contribution in [1.29, 1.82) is 0 Å². The molecular formula is C9H16O3. The van der Waals surface area contributed by atoms with Crippen molar-refractivity contribution in [3.8, 4) is 0 Å². The van der Waals surface area contributed by atoms with Gasteiger partial charge in [-0.05, 0) is 18.9 Å². The zero-order valence-electron chi connectivity index (χ0n) is 7.45. The summed E-state index contributed by atoms with van der Waals surface area (Å²) in [6, 6.07) is 0. The number of aliphatic carboxylic acids is 1. The van der Waals surface area contributed by atoms with Gasteiger partial charge < -0.3 is 9.84 Å². The fourth-order valence-corrected chi connectivity index (χ4v) is 0.639. The topological polar surface area (TPSA) is 46.5 Å². The summed E-state index contributed by atoms with van der Waals surface area (Å²) in [6.45, 7) is 2.82. The molecule has 3 nitrogen and oxygen atoms in total. The predicted molar refractivity (Wildman–Crippen MR) is 46.9 cm³/mol. The van der Waals surface area contributed by atoms with Crippen LogP contribution in [0.2, 0.25) is 0 Å². The molecule has 0 radical (unpaired) electrons. The second kappa shape index (κ2) is 8.11. The van der Waals surface area contributed by atoms with Gasteiger partial charge in [0.1, 0.15) is 0 Å². The van der Waals surface area contributed by atoms with Crippen LogP contribution in [0.15, 0.2) is 12.3 Å². The Labute approximate surface area is 73.0 Å². The number of allylic oxidation sites excluding steroid dienone is 1. The van der Waals surface area contributed by atoms with Gasteiger partial charge in [-0.2, -0.15) is 0 Å². The maximum absolute atomic E-state index is 10.1. The Bertz CT molecular complexity index is 141. The van der Waals surface area contributed by atoms with E-state index in [1.165, 1.54) is 0 Å². The molecule has 0 fully saturated rings. The van der Waals surface area contributed by atoms with Crippen LogP contribution in [0.5, 0.6) is 0 Å². The monoisotopic (exact) mass is 172 g/mol. The SMILES string of the molecule is CCCCOC=CCCC(=O)O. The standard InChI is InChI=1S/C9H16O3/c1-2-3-7-12-8-5-4-6-9(10)11/h5,8H,2-4,6-7H2,1H3,(H,10,11). The number of carboxylic acid groups (broad SMARTS) is 1. The zero-order chi connectivity index (χ0) is 9.23. The molecule has 0 aliphatic carbocycles. The van der Waals surface area contributed by atoms with E-state index >= 15 is 0 Å². The Hall–Kier alpha value is -0.990. The highest BCUT2D eigenvalue weighted by atomic mass is 16.5. The van der Waals surface area contributed by atoms with Crippen LogP contribution < -0.4 is 0 Å². The Morgan fingerprint density at radius 3 is 2.92 bits per heavy atom. The lowest BCUT2D eigenvalue weighted by molar-refractivity contribution is -0.136. The molecule has 0 rings (SSSR count). The lowest BCUT2D eigenvalue weighted by Gasteiger charge is -1.96. The molecular weight excluding hydrogens is 156 g/mol. The fourth-order valence-electron chi connectivity index (χ4n) is 0.639. The maximum atomic E-state index is 10.1. The Morgan fingerprint density at radius 1 is 1.58 bits per heavy atom. The van der Waals surface area contributed by atoms with Crippen LogP contribution in [0.25, 0.3) is 0 Å². The minimum atomic E-state index is -0.770. The molecule has 0 aliphatic heterocycles. The molecule has 0 aliphatic rings. The lowest BCUT2D eigenvalue weighted by atomic mass is 10.3. The highest BCUT2D eigenvalue weighted by Gasteiger charge is 1.91. The minimum absolute atomic E-state index is 0.174. The fraction of sp³-hybridized carbons (Fsp3) is 0.667. The van der Waals surface area contributed by atoms with Crippen molar-refractivity contribution in [1.82, 2.24) is 0 Å². The molecule has 70 valence electrons. The molecule has 12 heavy (non-hydrogen) atoms. The van der Waals surface area contributed by atoms with Crippen LogP contribution in [0.3, 0.4) is 0 Å². The average Bonchev–Trinajstić information content (AvgIpc) is 2.02. The van der Waals surface area contributed by atoms with Gasteiger partial charge in [0.15, 0.2) is 0 Å². The van der Waals surface area contributed by atoms with E-state index in [9.17, 15) is 4.79 Å². The van der Waals surface area contributed by atoms with Crippen molar-refractivity contribution in [2.75, 3.05) is 6.61 Å². The van der Waals surface area contributed by atoms with E-state index < -0.39 is 5.97 Å². The van der Waals surface area contributed by atoms with Gasteiger partial charge in [-0.15, -0.1) is 0 Å². The summed E-state index contributed by atoms with van der Waals surface area (Å²) < 4.78 is 5.08. The second-order valence-electron chi connectivity index (χ2n) is 2.53. The van der Waals surface area contributed by atoms with Crippen LogP contribution in [-0.2, 0) is 9.53 Å². The molecule has 0 amide bonds. The summed E-state index contributed by atoms with van der Waals surface area (Å²) in [5.41, 5.74) is 0. The van der Waals surface area contributed by atoms with Crippen LogP contribution in [-0.4, -0.2) is 17.7 Å². The number of carboxylic acids is 1. The predicted octanol–water partition coefficient (Wildman–Crippen LogP) is 2.18. The highest BCUT2D eigenvalue weighted by molar-refractivity contribution is 5.66. The van der Waals surface area contributed by atoms with Crippen molar-refractivity contribution in [2.24, 2.45) is 0 Å². The lowest BCUT2D eigenvalue weighted by Crippen LogP contribution is -1.92. The summed E-state index contributed by atoms with van der Waals surface area (Å²) in [6.07, 6.45) is 6.20. The minimum Gasteiger partial charge on any atom is -0.502 e. The molecule has 0 aromatic heterocycles. The van der Waals surface area contributed by atoms with Crippen LogP contribution in [0.4, 0.5) is 0 Å². The molecule has 0 saturated carbocycles. The first kappa shape index (κ1) is 11.0. The summed E-state index contributed by atoms with van der Waals surface area (Å²) in [5, 5.41) is 8.28. The summed E-state index contributed by atoms with van der Waals surface area (Å²) >= 11 is 0. The van der Waals surface area contributed by atoms with E-state index in [-0.39, 0.29) is 6.42 Å². The first-order chi connectivity index (χ1) is 5.77. The molecule has 0 aromatic rings. The molecule has 1 N–H and O–H groups in total. The van der Waals surface area contributed by atoms with Crippen molar-refractivity contribution >= 4 is 5.97 Å². The van der Waals surface area contributed by atoms with Gasteiger partial charge in [0, 0.05) is 6.42 Å². The summed E-state index contributed by atoms with van der Waals surface area (Å²) in [4.78, 5) is 10.1. The molecule has 0 bridgehead atoms. The molecule has 0 aromatic carbocycles. The molecule has 0 unspecified atom stereocenters. The number of hydrogen-bond acceptors (Lipinski definition) is 2. The Morgan fingerprint density at radius 2 is 2.33 bits per heavy atom. The van der Waals surface area contributed by atoms with E-state index in [1.807, 2.05) is 0 Å². The Balaban J connectivity index is 3.09. The third kappa shape index (κ3) is 9.01. The third-order valence-corrected chi connectivity index (χ3v) is 1.33. The zero-order valence-corrected chi connectivity index (χ0v) is 7.45. The van der Waals surface area contributed by atoms with Gasteiger partial charge in [0.2, 0.25) is 0 Å². The maximum Gasteiger partial charge on any atom is 0.303 e. The van der Waals surface area contributed by atoms with Crippen LogP contribution in [0.1, 0.15) is 32.6 Å². The van der Waals surface area contributed by atoms with Crippen molar-refractivity contribution in [2.45, 2.75) is 32.6 Å². The second-order valence-corrected chi connectivity index (χ2v) is 2.53. The molecule has 0 atom stereocenters. The first-order valence-corrected chi connectivity index (χ1v) is 4.25. The van der Waals surface area contributed by atoms with E-state index in [2.05, 4.69) is 6.92 Å². The molecule has 0 spiro atoms. The molecule has 0 heterocycles. The van der Waals surface area contributed by atoms with Crippen LogP contribution >= 0.6 is 0 Å². The van der Waals surface area contributed by atoms with Gasteiger partial charge in [-0.3, -0.25) is 4.79 Å². The summed E-state index contributed by atoms with van der Waals surface area (Å²) in [7, 11) is 0. The highest BCUT2D eigenvalue weighted by Crippen LogP contribution is 1.93. The summed E-state index contributed by atoms with van der Waals surface area (Å²) in [5.74, 6) is -0.770. The van der Waals surface area contributed by atoms with Gasteiger partial charge in [-0.1, -0.05) is 13.3 Å². The Kier molecular flexibility index (Phi) is 7.44. The number of hydrogen-bond donors (Lipinski definition) is 1. The number of ether oxygens (including phenoxy) is 1. The van der Waals surface area contributed by atoms with Crippen molar-refractivity contribution < 1.29 is 14.6 Å². The smallest absolute Gasteiger partial charge is 0.303 e. The van der Waals surface area contributed by atoms with Crippen LogP contribution in [0, 0.1) is 0 Å². The van der Waals surface area contributed by atoms with Gasteiger partial charge in [-0.25, -0.2) is 0 Å². The molecule has 0 saturated heterocycles. The van der Waals surface area contributed by atoms with Gasteiger partial charge >= 0.3 is 5.97 Å². The average molecular weight is 172 g/mol. The number of rotatable bonds is 7. The van der Waals surface area contributed by atoms with E-state index in [0.717, 1.165) is 19.4 Å². The van der Waals surface area contributed by atoms with Crippen molar-refractivity contribution in [3.05, 3.63) is 12.3 Å². The normalized spacial score (nSPS) is 10.4. The first-order valence-electron chi connectivity index (χ1n) is 4.25. The van der Waals surface area contributed by atoms with Crippen molar-refractivity contribution in [3.63, 3.8) is 0 Å². The van der Waals surface area contributed by atoms with E-state index in [0.29, 0.717) is 6.42 Å². The van der Waals surface area contributed by atoms with Gasteiger partial charge in [0.05, 0.1) is 12.9 Å². The largest absolute Gasteiger partial charge is 0.502 e. The van der Waals surface area contributed by atoms with Gasteiger partial charge in [0.25, 0.3) is 0 Å². The third-order valence-electron chi connectivity index (χ3n) is 1.33. The van der Waals surface area contributed by atoms with E-state index in [4.69, 9.17) is 9.84 Å². The number of unbranched alkanes of at least 4 members (excludes halogenated alkanes) is 1. The van der Waals surface area contributed by atoms with E-state index in [1.54, 1.807) is 12.3 Å². The number of carbonyl (C=O) groups is 1.